The Kier molecular flexibility index (Phi) is 6.78. The summed E-state index contributed by atoms with van der Waals surface area (Å²) in [6.07, 6.45) is -0.189. The van der Waals surface area contributed by atoms with E-state index >= 15 is 0 Å². The molecular formula is C17H32N2O5. The van der Waals surface area contributed by atoms with E-state index in [1.54, 1.807) is 6.92 Å². The Morgan fingerprint density at radius 1 is 1.17 bits per heavy atom. The number of rotatable bonds is 6. The molecule has 0 spiro atoms. The molecule has 140 valence electrons. The summed E-state index contributed by atoms with van der Waals surface area (Å²) in [7, 11) is 0. The third kappa shape index (κ3) is 7.15. The number of amides is 1. The van der Waals surface area contributed by atoms with Crippen LogP contribution in [0.5, 0.6) is 0 Å². The second kappa shape index (κ2) is 7.80. The summed E-state index contributed by atoms with van der Waals surface area (Å²) in [6, 6.07) is -1.55. The Hall–Kier alpha value is -1.18. The lowest BCUT2D eigenvalue weighted by Crippen LogP contribution is -2.54. The molecule has 1 aliphatic heterocycles. The maximum absolute atomic E-state index is 12.4. The minimum Gasteiger partial charge on any atom is -0.480 e. The van der Waals surface area contributed by atoms with Gasteiger partial charge in [0.1, 0.15) is 0 Å². The lowest BCUT2D eigenvalue weighted by molar-refractivity contribution is -0.150. The van der Waals surface area contributed by atoms with Gasteiger partial charge in [0.2, 0.25) is 5.91 Å². The number of nitrogens with one attached hydrogen (secondary N) is 2. The van der Waals surface area contributed by atoms with Crippen LogP contribution in [0, 0.1) is 0 Å². The van der Waals surface area contributed by atoms with Gasteiger partial charge in [-0.3, -0.25) is 4.79 Å². The number of aliphatic carboxylic acids is 1. The smallest absolute Gasteiger partial charge is 0.328 e. The zero-order valence-corrected chi connectivity index (χ0v) is 15.8. The average Bonchev–Trinajstić information content (AvgIpc) is 2.78. The first-order chi connectivity index (χ1) is 10.8. The zero-order valence-electron chi connectivity index (χ0n) is 15.8. The molecular weight excluding hydrogens is 312 g/mol. The third-order valence-electron chi connectivity index (χ3n) is 3.50. The predicted octanol–water partition coefficient (Wildman–Crippen LogP) is 1.31. The van der Waals surface area contributed by atoms with Crippen molar-refractivity contribution in [2.24, 2.45) is 0 Å². The highest BCUT2D eigenvalue weighted by molar-refractivity contribution is 5.87. The van der Waals surface area contributed by atoms with Crippen LogP contribution < -0.4 is 10.6 Å². The summed E-state index contributed by atoms with van der Waals surface area (Å²) in [6.45, 7) is 13.6. The fraction of sp³-hybridized carbons (Fsp3) is 0.882. The molecule has 0 saturated carbocycles. The predicted molar refractivity (Wildman–Crippen MR) is 90.9 cm³/mol. The molecule has 7 nitrogen and oxygen atoms in total. The molecule has 0 unspecified atom stereocenters. The van der Waals surface area contributed by atoms with Gasteiger partial charge in [0, 0.05) is 6.54 Å². The minimum atomic E-state index is -1.11. The van der Waals surface area contributed by atoms with Gasteiger partial charge < -0.3 is 25.2 Å². The summed E-state index contributed by atoms with van der Waals surface area (Å²) in [5, 5.41) is 15.1. The Morgan fingerprint density at radius 3 is 2.21 bits per heavy atom. The van der Waals surface area contributed by atoms with E-state index in [1.807, 2.05) is 41.5 Å². The highest BCUT2D eigenvalue weighted by atomic mass is 16.5. The van der Waals surface area contributed by atoms with Crippen LogP contribution in [-0.4, -0.2) is 59.0 Å². The van der Waals surface area contributed by atoms with Crippen molar-refractivity contribution in [1.29, 1.82) is 0 Å². The molecule has 1 fully saturated rings. The van der Waals surface area contributed by atoms with Crippen molar-refractivity contribution >= 4 is 11.9 Å². The first-order valence-electron chi connectivity index (χ1n) is 8.41. The van der Waals surface area contributed by atoms with Crippen LogP contribution in [0.15, 0.2) is 0 Å². The quantitative estimate of drug-likeness (QED) is 0.672. The Morgan fingerprint density at radius 2 is 1.75 bits per heavy atom. The van der Waals surface area contributed by atoms with E-state index in [9.17, 15) is 14.7 Å². The molecule has 1 saturated heterocycles. The number of carboxylic acids is 1. The first kappa shape index (κ1) is 20.9. The van der Waals surface area contributed by atoms with Crippen molar-refractivity contribution in [1.82, 2.24) is 10.6 Å². The van der Waals surface area contributed by atoms with Crippen LogP contribution in [0.2, 0.25) is 0 Å². The van der Waals surface area contributed by atoms with Crippen LogP contribution in [0.4, 0.5) is 0 Å². The molecule has 1 aliphatic rings. The molecule has 24 heavy (non-hydrogen) atoms. The number of carbonyl (C=O) groups is 2. The molecule has 0 aromatic rings. The largest absolute Gasteiger partial charge is 0.480 e. The van der Waals surface area contributed by atoms with Crippen molar-refractivity contribution in [2.45, 2.75) is 90.4 Å². The molecule has 3 N–H and O–H groups in total. The average molecular weight is 344 g/mol. The Balaban J connectivity index is 2.62. The van der Waals surface area contributed by atoms with E-state index in [1.165, 1.54) is 0 Å². The van der Waals surface area contributed by atoms with Crippen LogP contribution in [0.1, 0.15) is 54.9 Å². The fourth-order valence-corrected chi connectivity index (χ4v) is 2.75. The van der Waals surface area contributed by atoms with Gasteiger partial charge in [-0.15, -0.1) is 0 Å². The molecule has 0 radical (unpaired) electrons. The molecule has 4 atom stereocenters. The van der Waals surface area contributed by atoms with Crippen LogP contribution in [-0.2, 0) is 19.1 Å². The minimum absolute atomic E-state index is 0.0627. The monoisotopic (exact) mass is 344 g/mol. The van der Waals surface area contributed by atoms with Crippen molar-refractivity contribution in [3.05, 3.63) is 0 Å². The lowest BCUT2D eigenvalue weighted by atomic mass is 10.1. The lowest BCUT2D eigenvalue weighted by Gasteiger charge is -2.29. The number of ether oxygens (including phenoxy) is 2. The summed E-state index contributed by atoms with van der Waals surface area (Å²) < 4.78 is 11.5. The van der Waals surface area contributed by atoms with E-state index in [2.05, 4.69) is 10.6 Å². The van der Waals surface area contributed by atoms with Gasteiger partial charge >= 0.3 is 5.97 Å². The summed E-state index contributed by atoms with van der Waals surface area (Å²) in [5.74, 6) is -1.45. The number of carboxylic acid groups (broad SMARTS) is 1. The van der Waals surface area contributed by atoms with Crippen molar-refractivity contribution in [2.75, 3.05) is 6.54 Å². The maximum Gasteiger partial charge on any atom is 0.328 e. The van der Waals surface area contributed by atoms with E-state index in [0.717, 1.165) is 0 Å². The Labute approximate surface area is 144 Å². The second-order valence-electron chi connectivity index (χ2n) is 8.31. The molecule has 0 aliphatic carbocycles. The van der Waals surface area contributed by atoms with Gasteiger partial charge in [-0.2, -0.15) is 0 Å². The van der Waals surface area contributed by atoms with Gasteiger partial charge in [-0.05, 0) is 54.9 Å². The van der Waals surface area contributed by atoms with E-state index in [4.69, 9.17) is 9.47 Å². The molecule has 0 bridgehead atoms. The van der Waals surface area contributed by atoms with E-state index < -0.39 is 29.8 Å². The molecule has 1 rings (SSSR count). The van der Waals surface area contributed by atoms with Crippen LogP contribution >= 0.6 is 0 Å². The van der Waals surface area contributed by atoms with Crippen molar-refractivity contribution < 1.29 is 24.2 Å². The Bertz CT molecular complexity index is 453. The maximum atomic E-state index is 12.4. The van der Waals surface area contributed by atoms with Crippen molar-refractivity contribution in [3.8, 4) is 0 Å². The van der Waals surface area contributed by atoms with E-state index in [0.29, 0.717) is 13.0 Å². The van der Waals surface area contributed by atoms with E-state index in [-0.39, 0.29) is 17.6 Å². The fourth-order valence-electron chi connectivity index (χ4n) is 2.75. The normalized spacial score (nSPS) is 24.5. The summed E-state index contributed by atoms with van der Waals surface area (Å²) in [5.41, 5.74) is -0.772. The van der Waals surface area contributed by atoms with Crippen LogP contribution in [0.25, 0.3) is 0 Å². The van der Waals surface area contributed by atoms with Gasteiger partial charge in [0.25, 0.3) is 0 Å². The highest BCUT2D eigenvalue weighted by Crippen LogP contribution is 2.19. The van der Waals surface area contributed by atoms with Crippen molar-refractivity contribution in [3.63, 3.8) is 0 Å². The number of hydrogen-bond acceptors (Lipinski definition) is 5. The molecule has 0 aromatic heterocycles. The second-order valence-corrected chi connectivity index (χ2v) is 8.31. The highest BCUT2D eigenvalue weighted by Gasteiger charge is 2.36. The van der Waals surface area contributed by atoms with Gasteiger partial charge in [-0.1, -0.05) is 0 Å². The molecule has 1 heterocycles. The molecule has 0 aromatic carbocycles. The van der Waals surface area contributed by atoms with Gasteiger partial charge in [0.05, 0.1) is 29.5 Å². The van der Waals surface area contributed by atoms with Crippen LogP contribution in [0.3, 0.4) is 0 Å². The zero-order chi connectivity index (χ0) is 18.7. The number of carbonyl (C=O) groups excluding carboxylic acids is 1. The summed E-state index contributed by atoms with van der Waals surface area (Å²) >= 11 is 0. The molecule has 1 amide bonds. The number of hydrogen-bond donors (Lipinski definition) is 3. The molecule has 7 heteroatoms. The topological polar surface area (TPSA) is 96.9 Å². The first-order valence-corrected chi connectivity index (χ1v) is 8.41. The third-order valence-corrected chi connectivity index (χ3v) is 3.50. The van der Waals surface area contributed by atoms with Gasteiger partial charge in [-0.25, -0.2) is 4.79 Å². The van der Waals surface area contributed by atoms with Gasteiger partial charge in [0.15, 0.2) is 6.04 Å². The summed E-state index contributed by atoms with van der Waals surface area (Å²) in [4.78, 5) is 23.9. The standard InChI is InChI=1S/C17H32N2O5/c1-10(23-16(2,3)4)13(15(21)22)19-14(20)12-8-11(9-18-12)24-17(5,6)7/h10-13,18H,8-9H2,1-7H3,(H,19,20)(H,21,22)/t10-,11+,12+,13+/m1/s1. The SMILES string of the molecule is C[C@@H](OC(C)(C)C)[C@H](NC(=O)[C@@H]1C[C@H](OC(C)(C)C)CN1)C(=O)O.